The molecule has 2 aromatic rings. The average molecular weight is 455 g/mol. The molecule has 0 N–H and O–H groups in total. The highest BCUT2D eigenvalue weighted by Gasteiger charge is 2.17. The Bertz CT molecular complexity index is 565. The van der Waals surface area contributed by atoms with Crippen molar-refractivity contribution in [1.29, 1.82) is 0 Å². The average Bonchev–Trinajstić information content (AvgIpc) is 2.67. The van der Waals surface area contributed by atoms with E-state index in [9.17, 15) is 0 Å². The van der Waals surface area contributed by atoms with E-state index in [1.54, 1.807) is 18.4 Å². The fraction of sp³-hybridized carbons (Fsp3) is 0.231. The predicted octanol–water partition coefficient (Wildman–Crippen LogP) is 6.07. The van der Waals surface area contributed by atoms with E-state index < -0.39 is 0 Å². The molecule has 1 heterocycles. The molecule has 1 aromatic carbocycles. The van der Waals surface area contributed by atoms with Crippen molar-refractivity contribution in [3.05, 3.63) is 48.5 Å². The molecule has 18 heavy (non-hydrogen) atoms. The third-order valence-corrected chi connectivity index (χ3v) is 6.48. The van der Waals surface area contributed by atoms with Crippen LogP contribution in [-0.4, -0.2) is 7.11 Å². The number of hydrogen-bond acceptors (Lipinski definition) is 2. The van der Waals surface area contributed by atoms with Crippen LogP contribution in [0.3, 0.4) is 0 Å². The molecule has 0 aliphatic carbocycles. The Morgan fingerprint density at radius 2 is 1.89 bits per heavy atom. The summed E-state index contributed by atoms with van der Waals surface area (Å²) < 4.78 is 7.36. The molecule has 0 spiro atoms. The molecular formula is C13H11Br3OS. The third-order valence-electron chi connectivity index (χ3n) is 2.54. The summed E-state index contributed by atoms with van der Waals surface area (Å²) >= 11 is 12.7. The molecule has 0 bridgehead atoms. The van der Waals surface area contributed by atoms with Gasteiger partial charge in [-0.15, -0.1) is 11.3 Å². The third kappa shape index (κ3) is 3.00. The van der Waals surface area contributed by atoms with Crippen LogP contribution < -0.4 is 4.74 Å². The van der Waals surface area contributed by atoms with Crippen LogP contribution in [0.5, 0.6) is 5.75 Å². The molecule has 0 fully saturated rings. The van der Waals surface area contributed by atoms with Crippen LogP contribution >= 0.6 is 59.1 Å². The number of benzene rings is 1. The van der Waals surface area contributed by atoms with Gasteiger partial charge in [-0.05, 0) is 62.5 Å². The topological polar surface area (TPSA) is 9.23 Å². The molecule has 0 aliphatic rings. The van der Waals surface area contributed by atoms with Crippen LogP contribution in [0, 0.1) is 6.92 Å². The SMILES string of the molecule is COc1ccc(C(Br)c2sc(C)cc2Br)cc1Br. The molecule has 0 saturated carbocycles. The second kappa shape index (κ2) is 6.07. The smallest absolute Gasteiger partial charge is 0.133 e. The van der Waals surface area contributed by atoms with Crippen molar-refractivity contribution in [2.45, 2.75) is 11.8 Å². The number of rotatable bonds is 3. The Labute approximate surface area is 136 Å². The molecule has 1 atom stereocenters. The Balaban J connectivity index is 2.37. The summed E-state index contributed by atoms with van der Waals surface area (Å²) in [5.41, 5.74) is 1.20. The molecule has 96 valence electrons. The fourth-order valence-electron chi connectivity index (χ4n) is 1.67. The van der Waals surface area contributed by atoms with E-state index in [0.717, 1.165) is 14.7 Å². The number of halogens is 3. The van der Waals surface area contributed by atoms with E-state index in [2.05, 4.69) is 72.9 Å². The highest BCUT2D eigenvalue weighted by Crippen LogP contribution is 2.42. The molecule has 1 unspecified atom stereocenters. The van der Waals surface area contributed by atoms with Gasteiger partial charge in [0.15, 0.2) is 0 Å². The van der Waals surface area contributed by atoms with E-state index in [1.807, 2.05) is 6.07 Å². The first-order valence-electron chi connectivity index (χ1n) is 5.26. The van der Waals surface area contributed by atoms with Gasteiger partial charge in [-0.2, -0.15) is 0 Å². The van der Waals surface area contributed by atoms with E-state index in [-0.39, 0.29) is 4.83 Å². The van der Waals surface area contributed by atoms with Crippen LogP contribution in [0.4, 0.5) is 0 Å². The van der Waals surface area contributed by atoms with Gasteiger partial charge in [-0.25, -0.2) is 0 Å². The normalized spacial score (nSPS) is 12.5. The number of alkyl halides is 1. The van der Waals surface area contributed by atoms with E-state index in [4.69, 9.17) is 4.74 Å². The lowest BCUT2D eigenvalue weighted by Crippen LogP contribution is -1.92. The quantitative estimate of drug-likeness (QED) is 0.511. The molecule has 0 amide bonds. The van der Waals surface area contributed by atoms with Crippen molar-refractivity contribution in [2.24, 2.45) is 0 Å². The minimum atomic E-state index is 0.188. The number of aryl methyl sites for hydroxylation is 1. The van der Waals surface area contributed by atoms with Crippen molar-refractivity contribution in [3.63, 3.8) is 0 Å². The van der Waals surface area contributed by atoms with Crippen LogP contribution in [-0.2, 0) is 0 Å². The summed E-state index contributed by atoms with van der Waals surface area (Å²) in [5.74, 6) is 0.847. The molecule has 2 rings (SSSR count). The zero-order valence-corrected chi connectivity index (χ0v) is 15.4. The largest absolute Gasteiger partial charge is 0.496 e. The summed E-state index contributed by atoms with van der Waals surface area (Å²) in [4.78, 5) is 2.77. The Hall–Kier alpha value is 0.160. The second-order valence-electron chi connectivity index (χ2n) is 3.83. The molecular weight excluding hydrogens is 444 g/mol. The maximum Gasteiger partial charge on any atom is 0.133 e. The minimum Gasteiger partial charge on any atom is -0.496 e. The van der Waals surface area contributed by atoms with Gasteiger partial charge >= 0.3 is 0 Å². The standard InChI is InChI=1S/C13H11Br3OS/c1-7-5-10(15)13(18-7)12(16)8-3-4-11(17-2)9(14)6-8/h3-6,12H,1-2H3. The zero-order chi connectivity index (χ0) is 13.3. The molecule has 1 aromatic heterocycles. The number of ether oxygens (including phenoxy) is 1. The first-order chi connectivity index (χ1) is 8.52. The zero-order valence-electron chi connectivity index (χ0n) is 9.84. The van der Waals surface area contributed by atoms with Gasteiger partial charge in [-0.1, -0.05) is 22.0 Å². The van der Waals surface area contributed by atoms with Crippen molar-refractivity contribution in [2.75, 3.05) is 7.11 Å². The van der Waals surface area contributed by atoms with Gasteiger partial charge in [0.1, 0.15) is 5.75 Å². The minimum absolute atomic E-state index is 0.188. The maximum atomic E-state index is 5.24. The molecule has 0 radical (unpaired) electrons. The van der Waals surface area contributed by atoms with Crippen LogP contribution in [0.2, 0.25) is 0 Å². The monoisotopic (exact) mass is 452 g/mol. The molecule has 5 heteroatoms. The van der Waals surface area contributed by atoms with Crippen molar-refractivity contribution < 1.29 is 4.74 Å². The number of methoxy groups -OCH3 is 1. The highest BCUT2D eigenvalue weighted by atomic mass is 79.9. The highest BCUT2D eigenvalue weighted by molar-refractivity contribution is 9.11. The van der Waals surface area contributed by atoms with Crippen molar-refractivity contribution in [3.8, 4) is 5.75 Å². The number of hydrogen-bond donors (Lipinski definition) is 0. The second-order valence-corrected chi connectivity index (χ2v) is 7.74. The summed E-state index contributed by atoms with van der Waals surface area (Å²) in [6.07, 6.45) is 0. The van der Waals surface area contributed by atoms with Gasteiger partial charge < -0.3 is 4.74 Å². The first kappa shape index (κ1) is 14.6. The lowest BCUT2D eigenvalue weighted by atomic mass is 10.1. The predicted molar refractivity (Wildman–Crippen MR) is 88.2 cm³/mol. The fourth-order valence-corrected chi connectivity index (χ4v) is 5.23. The van der Waals surface area contributed by atoms with Gasteiger partial charge in [-0.3, -0.25) is 0 Å². The van der Waals surface area contributed by atoms with E-state index in [1.165, 1.54) is 15.3 Å². The summed E-state index contributed by atoms with van der Waals surface area (Å²) in [6.45, 7) is 2.11. The Morgan fingerprint density at radius 1 is 1.17 bits per heavy atom. The molecule has 0 aliphatic heterocycles. The lowest BCUT2D eigenvalue weighted by molar-refractivity contribution is 0.412. The maximum absolute atomic E-state index is 5.24. The van der Waals surface area contributed by atoms with E-state index >= 15 is 0 Å². The Kier molecular flexibility index (Phi) is 4.92. The van der Waals surface area contributed by atoms with Gasteiger partial charge in [0.25, 0.3) is 0 Å². The summed E-state index contributed by atoms with van der Waals surface area (Å²) in [5, 5.41) is 0. The number of thiophene rings is 1. The summed E-state index contributed by atoms with van der Waals surface area (Å²) in [7, 11) is 1.67. The van der Waals surface area contributed by atoms with Gasteiger partial charge in [0.05, 0.1) is 16.4 Å². The van der Waals surface area contributed by atoms with E-state index in [0.29, 0.717) is 0 Å². The molecule has 0 saturated heterocycles. The summed E-state index contributed by atoms with van der Waals surface area (Å²) in [6, 6.07) is 8.28. The van der Waals surface area contributed by atoms with Crippen LogP contribution in [0.25, 0.3) is 0 Å². The first-order valence-corrected chi connectivity index (χ1v) is 8.58. The van der Waals surface area contributed by atoms with Gasteiger partial charge in [0.2, 0.25) is 0 Å². The van der Waals surface area contributed by atoms with Crippen LogP contribution in [0.15, 0.2) is 33.2 Å². The molecule has 1 nitrogen and oxygen atoms in total. The van der Waals surface area contributed by atoms with Crippen molar-refractivity contribution in [1.82, 2.24) is 0 Å². The Morgan fingerprint density at radius 3 is 2.39 bits per heavy atom. The van der Waals surface area contributed by atoms with Gasteiger partial charge in [0, 0.05) is 14.2 Å². The van der Waals surface area contributed by atoms with Crippen LogP contribution in [0.1, 0.15) is 20.1 Å². The lowest BCUT2D eigenvalue weighted by Gasteiger charge is -2.11. The van der Waals surface area contributed by atoms with Crippen molar-refractivity contribution >= 4 is 59.1 Å².